The van der Waals surface area contributed by atoms with Crippen molar-refractivity contribution in [2.45, 2.75) is 13.1 Å². The molecule has 0 aliphatic carbocycles. The van der Waals surface area contributed by atoms with Gasteiger partial charge >= 0.3 is 6.18 Å². The molecule has 1 aromatic carbocycles. The number of rotatable bonds is 1. The van der Waals surface area contributed by atoms with Crippen LogP contribution in [0.5, 0.6) is 0 Å². The average Bonchev–Trinajstić information content (AvgIpc) is 2.50. The van der Waals surface area contributed by atoms with Crippen molar-refractivity contribution in [3.63, 3.8) is 0 Å². The maximum atomic E-state index is 12.6. The summed E-state index contributed by atoms with van der Waals surface area (Å²) in [5.41, 5.74) is 0.900. The van der Waals surface area contributed by atoms with Crippen molar-refractivity contribution in [2.24, 2.45) is 7.05 Å². The number of aldehydes is 1. The molecule has 17 heavy (non-hydrogen) atoms. The molecule has 2 aromatic rings. The summed E-state index contributed by atoms with van der Waals surface area (Å²) in [7, 11) is 1.66. The molecule has 0 amide bonds. The predicted octanol–water partition coefficient (Wildman–Crippen LogP) is 3.32. The van der Waals surface area contributed by atoms with E-state index in [4.69, 9.17) is 0 Å². The zero-order chi connectivity index (χ0) is 12.8. The summed E-state index contributed by atoms with van der Waals surface area (Å²) in [6.07, 6.45) is -3.71. The number of halogens is 3. The summed E-state index contributed by atoms with van der Waals surface area (Å²) in [5.74, 6) is 0. The number of fused-ring (bicyclic) bond motifs is 1. The van der Waals surface area contributed by atoms with Gasteiger partial charge in [0.1, 0.15) is 0 Å². The smallest absolute Gasteiger partial charge is 0.341 e. The second-order valence-electron chi connectivity index (χ2n) is 3.92. The largest absolute Gasteiger partial charge is 0.416 e. The molecule has 0 fully saturated rings. The van der Waals surface area contributed by atoms with E-state index >= 15 is 0 Å². The van der Waals surface area contributed by atoms with Crippen molar-refractivity contribution in [3.8, 4) is 0 Å². The van der Waals surface area contributed by atoms with Gasteiger partial charge in [-0.2, -0.15) is 13.2 Å². The van der Waals surface area contributed by atoms with Crippen molar-refractivity contribution >= 4 is 17.2 Å². The van der Waals surface area contributed by atoms with E-state index in [1.807, 2.05) is 0 Å². The van der Waals surface area contributed by atoms with Gasteiger partial charge in [-0.25, -0.2) is 0 Å². The van der Waals surface area contributed by atoms with Crippen LogP contribution in [0, 0.1) is 6.92 Å². The number of aromatic nitrogens is 1. The molecule has 1 aromatic heterocycles. The van der Waals surface area contributed by atoms with E-state index in [0.717, 1.165) is 12.1 Å². The minimum absolute atomic E-state index is 0.402. The summed E-state index contributed by atoms with van der Waals surface area (Å²) < 4.78 is 39.3. The number of hydrogen-bond donors (Lipinski definition) is 0. The number of carbonyl (C=O) groups excluding carboxylic acids is 1. The fourth-order valence-corrected chi connectivity index (χ4v) is 1.99. The van der Waals surface area contributed by atoms with Crippen molar-refractivity contribution in [3.05, 3.63) is 35.0 Å². The molecule has 0 spiro atoms. The molecule has 0 atom stereocenters. The molecular weight excluding hydrogens is 231 g/mol. The quantitative estimate of drug-likeness (QED) is 0.702. The van der Waals surface area contributed by atoms with E-state index in [2.05, 4.69) is 0 Å². The first kappa shape index (κ1) is 11.7. The minimum atomic E-state index is -4.36. The Morgan fingerprint density at radius 1 is 1.29 bits per heavy atom. The number of carbonyl (C=O) groups is 1. The number of nitrogens with zero attached hydrogens (tertiary/aromatic N) is 1. The van der Waals surface area contributed by atoms with Crippen LogP contribution in [0.15, 0.2) is 18.2 Å². The minimum Gasteiger partial charge on any atom is -0.341 e. The van der Waals surface area contributed by atoms with Crippen molar-refractivity contribution in [1.29, 1.82) is 0 Å². The van der Waals surface area contributed by atoms with Gasteiger partial charge in [-0.1, -0.05) is 0 Å². The summed E-state index contributed by atoms with van der Waals surface area (Å²) in [6.45, 7) is 1.65. The lowest BCUT2D eigenvalue weighted by molar-refractivity contribution is -0.137. The Labute approximate surface area is 95.7 Å². The fourth-order valence-electron chi connectivity index (χ4n) is 1.99. The first-order valence-electron chi connectivity index (χ1n) is 4.97. The van der Waals surface area contributed by atoms with Crippen LogP contribution in [0.4, 0.5) is 13.2 Å². The molecule has 5 heteroatoms. The lowest BCUT2D eigenvalue weighted by Crippen LogP contribution is -2.04. The number of alkyl halides is 3. The van der Waals surface area contributed by atoms with E-state index in [-0.39, 0.29) is 0 Å². The van der Waals surface area contributed by atoms with Gasteiger partial charge in [0, 0.05) is 18.0 Å². The molecule has 1 heterocycles. The Bertz CT molecular complexity index is 596. The van der Waals surface area contributed by atoms with E-state index in [9.17, 15) is 18.0 Å². The highest BCUT2D eigenvalue weighted by molar-refractivity contribution is 5.93. The number of hydrogen-bond acceptors (Lipinski definition) is 1. The summed E-state index contributed by atoms with van der Waals surface area (Å²) in [5, 5.41) is 0.462. The first-order valence-corrected chi connectivity index (χ1v) is 4.97. The Hall–Kier alpha value is -1.78. The fraction of sp³-hybridized carbons (Fsp3) is 0.250. The van der Waals surface area contributed by atoms with Gasteiger partial charge in [0.15, 0.2) is 6.29 Å². The standard InChI is InChI=1S/C12H10F3NO/c1-7-9-5-8(12(13,14)15)3-4-10(9)16(2)11(7)6-17/h3-6H,1-2H3. The third-order valence-electron chi connectivity index (χ3n) is 2.95. The highest BCUT2D eigenvalue weighted by atomic mass is 19.4. The van der Waals surface area contributed by atoms with E-state index in [1.54, 1.807) is 18.5 Å². The Balaban J connectivity index is 2.79. The lowest BCUT2D eigenvalue weighted by atomic mass is 10.1. The predicted molar refractivity (Wildman–Crippen MR) is 58.0 cm³/mol. The summed E-state index contributed by atoms with van der Waals surface area (Å²) in [4.78, 5) is 10.9. The van der Waals surface area contributed by atoms with Gasteiger partial charge in [-0.15, -0.1) is 0 Å². The normalized spacial score (nSPS) is 12.1. The van der Waals surface area contributed by atoms with Crippen molar-refractivity contribution < 1.29 is 18.0 Å². The Morgan fingerprint density at radius 3 is 2.47 bits per heavy atom. The second kappa shape index (κ2) is 3.61. The Kier molecular flexibility index (Phi) is 2.49. The van der Waals surface area contributed by atoms with Gasteiger partial charge in [0.25, 0.3) is 0 Å². The molecule has 2 nitrogen and oxygen atoms in total. The van der Waals surface area contributed by atoms with Crippen LogP contribution in [0.25, 0.3) is 10.9 Å². The molecule has 0 aliphatic rings. The molecule has 0 aliphatic heterocycles. The molecule has 0 N–H and O–H groups in total. The molecule has 2 rings (SSSR count). The third-order valence-corrected chi connectivity index (χ3v) is 2.95. The molecule has 0 saturated heterocycles. The van der Waals surface area contributed by atoms with E-state index < -0.39 is 11.7 Å². The highest BCUT2D eigenvalue weighted by Crippen LogP contribution is 2.33. The monoisotopic (exact) mass is 241 g/mol. The maximum absolute atomic E-state index is 12.6. The van der Waals surface area contributed by atoms with Crippen LogP contribution in [0.2, 0.25) is 0 Å². The van der Waals surface area contributed by atoms with Gasteiger partial charge in [0.05, 0.1) is 11.3 Å². The van der Waals surface area contributed by atoms with Crippen LogP contribution in [0.3, 0.4) is 0 Å². The Morgan fingerprint density at radius 2 is 1.94 bits per heavy atom. The van der Waals surface area contributed by atoms with E-state index in [1.165, 1.54) is 6.07 Å². The maximum Gasteiger partial charge on any atom is 0.416 e. The first-order chi connectivity index (χ1) is 7.86. The summed E-state index contributed by atoms with van der Waals surface area (Å²) in [6, 6.07) is 3.49. The topological polar surface area (TPSA) is 22.0 Å². The highest BCUT2D eigenvalue weighted by Gasteiger charge is 2.31. The lowest BCUT2D eigenvalue weighted by Gasteiger charge is -2.06. The van der Waals surface area contributed by atoms with Crippen molar-refractivity contribution in [1.82, 2.24) is 4.57 Å². The van der Waals surface area contributed by atoms with E-state index in [0.29, 0.717) is 28.4 Å². The zero-order valence-electron chi connectivity index (χ0n) is 9.30. The van der Waals surface area contributed by atoms with Crippen LogP contribution in [-0.4, -0.2) is 10.9 Å². The summed E-state index contributed by atoms with van der Waals surface area (Å²) >= 11 is 0. The molecular formula is C12H10F3NO. The zero-order valence-corrected chi connectivity index (χ0v) is 9.30. The van der Waals surface area contributed by atoms with Gasteiger partial charge in [0.2, 0.25) is 0 Å². The third kappa shape index (κ3) is 1.71. The molecule has 0 bridgehead atoms. The van der Waals surface area contributed by atoms with Gasteiger partial charge in [-0.3, -0.25) is 4.79 Å². The molecule has 90 valence electrons. The average molecular weight is 241 g/mol. The number of benzene rings is 1. The van der Waals surface area contributed by atoms with Gasteiger partial charge < -0.3 is 4.57 Å². The molecule has 0 saturated carbocycles. The van der Waals surface area contributed by atoms with Gasteiger partial charge in [-0.05, 0) is 30.7 Å². The van der Waals surface area contributed by atoms with Crippen LogP contribution in [0.1, 0.15) is 21.6 Å². The van der Waals surface area contributed by atoms with Crippen molar-refractivity contribution in [2.75, 3.05) is 0 Å². The van der Waals surface area contributed by atoms with Crippen LogP contribution in [-0.2, 0) is 13.2 Å². The number of aryl methyl sites for hydroxylation is 2. The molecule has 0 unspecified atom stereocenters. The molecule has 0 radical (unpaired) electrons. The van der Waals surface area contributed by atoms with Crippen LogP contribution < -0.4 is 0 Å². The second-order valence-corrected chi connectivity index (χ2v) is 3.92. The van der Waals surface area contributed by atoms with Crippen LogP contribution >= 0.6 is 0 Å². The SMILES string of the molecule is Cc1c(C=O)n(C)c2ccc(C(F)(F)F)cc12.